The summed E-state index contributed by atoms with van der Waals surface area (Å²) in [5.41, 5.74) is 0. The van der Waals surface area contributed by atoms with Gasteiger partial charge >= 0.3 is 0 Å². The molecule has 0 aliphatic carbocycles. The molecule has 0 bridgehead atoms. The fourth-order valence-corrected chi connectivity index (χ4v) is 2.69. The number of carbonyl (C=O) groups excluding carboxylic acids is 1. The van der Waals surface area contributed by atoms with Crippen LogP contribution in [0.1, 0.15) is 19.8 Å². The molecule has 1 saturated heterocycles. The third-order valence-corrected chi connectivity index (χ3v) is 3.94. The van der Waals surface area contributed by atoms with Crippen molar-refractivity contribution in [3.63, 3.8) is 0 Å². The molecule has 108 valence electrons. The highest BCUT2D eigenvalue weighted by atomic mass is 16.2. The van der Waals surface area contributed by atoms with Gasteiger partial charge < -0.3 is 14.7 Å². The Morgan fingerprint density at radius 2 is 2.05 bits per heavy atom. The zero-order chi connectivity index (χ0) is 14.4. The first-order chi connectivity index (χ1) is 8.95. The van der Waals surface area contributed by atoms with Gasteiger partial charge in [0.2, 0.25) is 5.91 Å². The van der Waals surface area contributed by atoms with E-state index in [2.05, 4.69) is 36.9 Å². The molecule has 0 aromatic rings. The maximum Gasteiger partial charge on any atom is 0.223 e. The predicted molar refractivity (Wildman–Crippen MR) is 75.6 cm³/mol. The molecule has 1 aliphatic heterocycles. The highest BCUT2D eigenvalue weighted by molar-refractivity contribution is 5.76. The van der Waals surface area contributed by atoms with E-state index >= 15 is 0 Å². The summed E-state index contributed by atoms with van der Waals surface area (Å²) in [5.74, 6) is 0.789. The van der Waals surface area contributed by atoms with Crippen molar-refractivity contribution < 1.29 is 4.79 Å². The molecule has 0 saturated carbocycles. The van der Waals surface area contributed by atoms with Crippen molar-refractivity contribution in [2.45, 2.75) is 25.8 Å². The lowest BCUT2D eigenvalue weighted by atomic mass is 10.1. The van der Waals surface area contributed by atoms with Gasteiger partial charge in [-0.3, -0.25) is 4.79 Å². The minimum atomic E-state index is 0.135. The van der Waals surface area contributed by atoms with Crippen molar-refractivity contribution in [1.29, 1.82) is 5.26 Å². The van der Waals surface area contributed by atoms with Crippen LogP contribution in [0.2, 0.25) is 0 Å². The summed E-state index contributed by atoms with van der Waals surface area (Å²) in [6.45, 7) is 5.74. The molecule has 5 nitrogen and oxygen atoms in total. The van der Waals surface area contributed by atoms with Crippen molar-refractivity contribution >= 4 is 5.91 Å². The van der Waals surface area contributed by atoms with Gasteiger partial charge in [-0.05, 0) is 20.0 Å². The maximum atomic E-state index is 11.9. The first kappa shape index (κ1) is 15.9. The van der Waals surface area contributed by atoms with E-state index < -0.39 is 0 Å². The largest absolute Gasteiger partial charge is 0.345 e. The van der Waals surface area contributed by atoms with Gasteiger partial charge in [-0.25, -0.2) is 0 Å². The van der Waals surface area contributed by atoms with E-state index in [1.54, 1.807) is 11.9 Å². The number of nitrogens with zero attached hydrogens (tertiary/aromatic N) is 4. The molecular formula is C14H26N4O. The van der Waals surface area contributed by atoms with E-state index in [1.165, 1.54) is 0 Å². The molecule has 0 aromatic heterocycles. The topological polar surface area (TPSA) is 50.6 Å². The van der Waals surface area contributed by atoms with E-state index in [9.17, 15) is 4.79 Å². The molecule has 0 N–H and O–H groups in total. The lowest BCUT2D eigenvalue weighted by Gasteiger charge is -2.23. The Balaban J connectivity index is 2.30. The number of hydrogen-bond donors (Lipinski definition) is 0. The smallest absolute Gasteiger partial charge is 0.223 e. The Morgan fingerprint density at radius 3 is 2.58 bits per heavy atom. The van der Waals surface area contributed by atoms with Crippen molar-refractivity contribution in [2.24, 2.45) is 5.92 Å². The zero-order valence-electron chi connectivity index (χ0n) is 12.6. The third-order valence-electron chi connectivity index (χ3n) is 3.94. The van der Waals surface area contributed by atoms with Crippen LogP contribution in [0.25, 0.3) is 0 Å². The second-order valence-electron chi connectivity index (χ2n) is 5.74. The Morgan fingerprint density at radius 1 is 1.37 bits per heavy atom. The summed E-state index contributed by atoms with van der Waals surface area (Å²) in [6, 6.07) is 2.65. The number of nitriles is 1. The quantitative estimate of drug-likeness (QED) is 0.707. The number of carbonyl (C=O) groups is 1. The van der Waals surface area contributed by atoms with Gasteiger partial charge in [0, 0.05) is 45.7 Å². The van der Waals surface area contributed by atoms with E-state index in [4.69, 9.17) is 5.26 Å². The summed E-state index contributed by atoms with van der Waals surface area (Å²) in [7, 11) is 6.01. The highest BCUT2D eigenvalue weighted by Crippen LogP contribution is 2.19. The maximum absolute atomic E-state index is 11.9. The highest BCUT2D eigenvalue weighted by Gasteiger charge is 2.30. The summed E-state index contributed by atoms with van der Waals surface area (Å²) in [5, 5.41) is 8.51. The molecule has 1 amide bonds. The second-order valence-corrected chi connectivity index (χ2v) is 5.74. The number of likely N-dealkylation sites (N-methyl/N-ethyl adjacent to an activating group) is 1. The van der Waals surface area contributed by atoms with Crippen molar-refractivity contribution in [3.8, 4) is 6.07 Å². The molecule has 1 aliphatic rings. The molecule has 2 atom stereocenters. The molecule has 0 radical (unpaired) electrons. The summed E-state index contributed by atoms with van der Waals surface area (Å²) >= 11 is 0. The zero-order valence-corrected chi connectivity index (χ0v) is 12.6. The Kier molecular flexibility index (Phi) is 6.26. The van der Waals surface area contributed by atoms with E-state index in [-0.39, 0.29) is 5.91 Å². The minimum absolute atomic E-state index is 0.135. The minimum Gasteiger partial charge on any atom is -0.345 e. The predicted octanol–water partition coefficient (Wildman–Crippen LogP) is 0.630. The SMILES string of the molecule is CC1CN(CCC(=O)N(C)CCC#N)CC1N(C)C. The van der Waals surface area contributed by atoms with Crippen LogP contribution in [0.5, 0.6) is 0 Å². The van der Waals surface area contributed by atoms with E-state index in [1.807, 2.05) is 0 Å². The number of hydrogen-bond acceptors (Lipinski definition) is 4. The van der Waals surface area contributed by atoms with Gasteiger partial charge in [-0.2, -0.15) is 5.26 Å². The van der Waals surface area contributed by atoms with Crippen LogP contribution in [-0.2, 0) is 4.79 Å². The average molecular weight is 266 g/mol. The monoisotopic (exact) mass is 266 g/mol. The van der Waals surface area contributed by atoms with Gasteiger partial charge in [-0.15, -0.1) is 0 Å². The number of rotatable bonds is 6. The van der Waals surface area contributed by atoms with E-state index in [0.29, 0.717) is 31.3 Å². The van der Waals surface area contributed by atoms with Crippen LogP contribution in [0.3, 0.4) is 0 Å². The molecule has 0 aromatic carbocycles. The first-order valence-corrected chi connectivity index (χ1v) is 6.95. The van der Waals surface area contributed by atoms with Gasteiger partial charge in [-0.1, -0.05) is 6.92 Å². The fourth-order valence-electron chi connectivity index (χ4n) is 2.69. The molecule has 2 unspecified atom stereocenters. The second kappa shape index (κ2) is 7.46. The summed E-state index contributed by atoms with van der Waals surface area (Å²) in [4.78, 5) is 18.2. The van der Waals surface area contributed by atoms with Crippen molar-refractivity contribution in [2.75, 3.05) is 47.3 Å². The van der Waals surface area contributed by atoms with Crippen LogP contribution in [-0.4, -0.2) is 74.0 Å². The van der Waals surface area contributed by atoms with E-state index in [0.717, 1.165) is 19.6 Å². The number of amides is 1. The normalized spacial score (nSPS) is 23.6. The standard InChI is InChI=1S/C14H26N4O/c1-12-10-18(11-13(12)16(2)3)9-6-14(19)17(4)8-5-7-15/h12-13H,5-6,8-11H2,1-4H3. The molecule has 1 heterocycles. The van der Waals surface area contributed by atoms with Crippen LogP contribution in [0.4, 0.5) is 0 Å². The Hall–Kier alpha value is -1.12. The molecule has 1 fully saturated rings. The van der Waals surface area contributed by atoms with Gasteiger partial charge in [0.1, 0.15) is 0 Å². The summed E-state index contributed by atoms with van der Waals surface area (Å²) < 4.78 is 0. The Labute approximate surface area is 116 Å². The van der Waals surface area contributed by atoms with Crippen LogP contribution < -0.4 is 0 Å². The molecule has 0 spiro atoms. The number of likely N-dealkylation sites (tertiary alicyclic amines) is 1. The molecular weight excluding hydrogens is 240 g/mol. The third kappa shape index (κ3) is 4.81. The molecule has 5 heteroatoms. The lowest BCUT2D eigenvalue weighted by molar-refractivity contribution is -0.130. The van der Waals surface area contributed by atoms with Crippen LogP contribution in [0.15, 0.2) is 0 Å². The lowest BCUT2D eigenvalue weighted by Crippen LogP contribution is -2.35. The van der Waals surface area contributed by atoms with Crippen LogP contribution >= 0.6 is 0 Å². The van der Waals surface area contributed by atoms with Crippen molar-refractivity contribution in [3.05, 3.63) is 0 Å². The summed E-state index contributed by atoms with van der Waals surface area (Å²) in [6.07, 6.45) is 0.959. The Bertz CT molecular complexity index is 337. The molecule has 1 rings (SSSR count). The van der Waals surface area contributed by atoms with Gasteiger partial charge in [0.25, 0.3) is 0 Å². The fraction of sp³-hybridized carbons (Fsp3) is 0.857. The van der Waals surface area contributed by atoms with Gasteiger partial charge in [0.15, 0.2) is 0 Å². The average Bonchev–Trinajstić information content (AvgIpc) is 2.74. The van der Waals surface area contributed by atoms with Crippen LogP contribution in [0, 0.1) is 17.2 Å². The van der Waals surface area contributed by atoms with Gasteiger partial charge in [0.05, 0.1) is 12.5 Å². The molecule has 19 heavy (non-hydrogen) atoms. The van der Waals surface area contributed by atoms with Crippen molar-refractivity contribution in [1.82, 2.24) is 14.7 Å². The first-order valence-electron chi connectivity index (χ1n) is 6.95.